The van der Waals surface area contributed by atoms with Crippen molar-refractivity contribution in [3.05, 3.63) is 35.4 Å². The van der Waals surface area contributed by atoms with E-state index in [1.54, 1.807) is 12.1 Å². The van der Waals surface area contributed by atoms with E-state index < -0.39 is 5.97 Å². The number of benzene rings is 1. The van der Waals surface area contributed by atoms with Crippen LogP contribution >= 0.6 is 0 Å². The highest BCUT2D eigenvalue weighted by atomic mass is 16.4. The highest BCUT2D eigenvalue weighted by molar-refractivity contribution is 5.95. The third-order valence-electron chi connectivity index (χ3n) is 3.47. The number of carbonyl (C=O) groups excluding carboxylic acids is 1. The lowest BCUT2D eigenvalue weighted by Gasteiger charge is -2.26. The van der Waals surface area contributed by atoms with E-state index in [2.05, 4.69) is 10.2 Å². The fourth-order valence-corrected chi connectivity index (χ4v) is 2.40. The lowest BCUT2D eigenvalue weighted by molar-refractivity contribution is -0.135. The van der Waals surface area contributed by atoms with Crippen LogP contribution in [-0.4, -0.2) is 41.5 Å². The maximum Gasteiger partial charge on any atom is 0.322 e. The van der Waals surface area contributed by atoms with Gasteiger partial charge in [-0.15, -0.1) is 0 Å². The van der Waals surface area contributed by atoms with Gasteiger partial charge in [0, 0.05) is 12.1 Å². The molecule has 0 atom stereocenters. The number of hydrogen-bond donors (Lipinski definition) is 2. The van der Waals surface area contributed by atoms with Crippen LogP contribution in [0.3, 0.4) is 0 Å². The summed E-state index contributed by atoms with van der Waals surface area (Å²) in [5.74, 6) is -1.39. The van der Waals surface area contributed by atoms with Crippen molar-refractivity contribution in [3.8, 4) is 0 Å². The van der Waals surface area contributed by atoms with Crippen LogP contribution < -0.4 is 5.32 Å². The van der Waals surface area contributed by atoms with Crippen LogP contribution in [0.4, 0.5) is 0 Å². The number of nitrogens with one attached hydrogen (secondary N) is 1. The Kier molecular flexibility index (Phi) is 5.12. The van der Waals surface area contributed by atoms with Crippen LogP contribution in [0.15, 0.2) is 24.3 Å². The van der Waals surface area contributed by atoms with Crippen LogP contribution in [0, 0.1) is 0 Å². The van der Waals surface area contributed by atoms with Gasteiger partial charge in [0.2, 0.25) is 0 Å². The van der Waals surface area contributed by atoms with Gasteiger partial charge in [-0.25, -0.2) is 0 Å². The largest absolute Gasteiger partial charge is 0.480 e. The number of nitrogens with zero attached hydrogens (tertiary/aromatic N) is 1. The van der Waals surface area contributed by atoms with Crippen LogP contribution in [-0.2, 0) is 11.3 Å². The lowest BCUT2D eigenvalue weighted by atomic mass is 10.1. The van der Waals surface area contributed by atoms with Crippen LogP contribution in [0.5, 0.6) is 0 Å². The zero-order valence-electron chi connectivity index (χ0n) is 11.5. The molecule has 0 radical (unpaired) electrons. The first-order chi connectivity index (χ1) is 9.65. The molecular weight excluding hydrogens is 256 g/mol. The van der Waals surface area contributed by atoms with E-state index in [1.165, 1.54) is 24.8 Å². The SMILES string of the molecule is O=C(O)CNC(=O)c1ccc(CN2CCCCC2)cc1. The molecule has 1 heterocycles. The second-order valence-corrected chi connectivity index (χ2v) is 5.11. The van der Waals surface area contributed by atoms with Crippen molar-refractivity contribution in [1.82, 2.24) is 10.2 Å². The number of carboxylic acid groups (broad SMARTS) is 1. The molecule has 1 fully saturated rings. The lowest BCUT2D eigenvalue weighted by Crippen LogP contribution is -2.30. The molecule has 0 aliphatic carbocycles. The van der Waals surface area contributed by atoms with Gasteiger partial charge in [0.1, 0.15) is 6.54 Å². The van der Waals surface area contributed by atoms with Crippen LogP contribution in [0.2, 0.25) is 0 Å². The van der Waals surface area contributed by atoms with E-state index in [-0.39, 0.29) is 12.5 Å². The monoisotopic (exact) mass is 276 g/mol. The summed E-state index contributed by atoms with van der Waals surface area (Å²) >= 11 is 0. The summed E-state index contributed by atoms with van der Waals surface area (Å²) in [6.07, 6.45) is 3.84. The maximum absolute atomic E-state index is 11.7. The number of rotatable bonds is 5. The van der Waals surface area contributed by atoms with Gasteiger partial charge in [0.25, 0.3) is 5.91 Å². The molecular formula is C15H20N2O3. The van der Waals surface area contributed by atoms with Crippen molar-refractivity contribution in [3.63, 3.8) is 0 Å². The second kappa shape index (κ2) is 7.05. The highest BCUT2D eigenvalue weighted by Crippen LogP contribution is 2.13. The number of piperidine rings is 1. The number of hydrogen-bond acceptors (Lipinski definition) is 3. The third-order valence-corrected chi connectivity index (χ3v) is 3.47. The van der Waals surface area contributed by atoms with Gasteiger partial charge in [-0.1, -0.05) is 18.6 Å². The molecule has 1 amide bonds. The van der Waals surface area contributed by atoms with E-state index >= 15 is 0 Å². The number of carbonyl (C=O) groups is 2. The van der Waals surface area contributed by atoms with E-state index in [4.69, 9.17) is 5.11 Å². The number of aliphatic carboxylic acids is 1. The Hall–Kier alpha value is -1.88. The standard InChI is InChI=1S/C15H20N2O3/c18-14(19)10-16-15(20)13-6-4-12(5-7-13)11-17-8-2-1-3-9-17/h4-7H,1-3,8-11H2,(H,16,20)(H,18,19). The molecule has 0 aromatic heterocycles. The maximum atomic E-state index is 11.7. The molecule has 1 aromatic rings. The summed E-state index contributed by atoms with van der Waals surface area (Å²) in [6, 6.07) is 7.36. The second-order valence-electron chi connectivity index (χ2n) is 5.11. The molecule has 2 N–H and O–H groups in total. The molecule has 0 saturated carbocycles. The Bertz CT molecular complexity index is 465. The normalized spacial score (nSPS) is 15.8. The third kappa shape index (κ3) is 4.35. The average Bonchev–Trinajstić information content (AvgIpc) is 2.46. The van der Waals surface area contributed by atoms with Crippen molar-refractivity contribution in [2.45, 2.75) is 25.8 Å². The van der Waals surface area contributed by atoms with E-state index in [0.29, 0.717) is 5.56 Å². The first-order valence-corrected chi connectivity index (χ1v) is 6.96. The summed E-state index contributed by atoms with van der Waals surface area (Å²) in [6.45, 7) is 2.84. The Morgan fingerprint density at radius 3 is 2.35 bits per heavy atom. The summed E-state index contributed by atoms with van der Waals surface area (Å²) < 4.78 is 0. The van der Waals surface area contributed by atoms with E-state index in [9.17, 15) is 9.59 Å². The predicted molar refractivity (Wildman–Crippen MR) is 75.5 cm³/mol. The molecule has 2 rings (SSSR count). The molecule has 1 aliphatic rings. The van der Waals surface area contributed by atoms with Gasteiger partial charge in [-0.3, -0.25) is 14.5 Å². The van der Waals surface area contributed by atoms with Gasteiger partial charge >= 0.3 is 5.97 Å². The summed E-state index contributed by atoms with van der Waals surface area (Å²) in [7, 11) is 0. The van der Waals surface area contributed by atoms with Gasteiger partial charge in [0.05, 0.1) is 0 Å². The minimum atomic E-state index is -1.04. The molecule has 0 spiro atoms. The fourth-order valence-electron chi connectivity index (χ4n) is 2.40. The summed E-state index contributed by atoms with van der Waals surface area (Å²) in [5, 5.41) is 10.9. The minimum Gasteiger partial charge on any atom is -0.480 e. The van der Waals surface area contributed by atoms with Crippen molar-refractivity contribution in [2.75, 3.05) is 19.6 Å². The first kappa shape index (κ1) is 14.5. The predicted octanol–water partition coefficient (Wildman–Crippen LogP) is 1.49. The van der Waals surface area contributed by atoms with Crippen molar-refractivity contribution >= 4 is 11.9 Å². The number of likely N-dealkylation sites (tertiary alicyclic amines) is 1. The molecule has 0 unspecified atom stereocenters. The minimum absolute atomic E-state index is 0.350. The molecule has 1 aromatic carbocycles. The van der Waals surface area contributed by atoms with E-state index in [0.717, 1.165) is 19.6 Å². The zero-order chi connectivity index (χ0) is 14.4. The quantitative estimate of drug-likeness (QED) is 0.855. The van der Waals surface area contributed by atoms with Gasteiger partial charge < -0.3 is 10.4 Å². The summed E-state index contributed by atoms with van der Waals surface area (Å²) in [5.41, 5.74) is 1.68. The van der Waals surface area contributed by atoms with Gasteiger partial charge in [-0.05, 0) is 43.6 Å². The van der Waals surface area contributed by atoms with Crippen LogP contribution in [0.25, 0.3) is 0 Å². The van der Waals surface area contributed by atoms with Crippen molar-refractivity contribution in [1.29, 1.82) is 0 Å². The zero-order valence-corrected chi connectivity index (χ0v) is 11.5. The molecule has 0 bridgehead atoms. The number of carboxylic acids is 1. The van der Waals surface area contributed by atoms with Crippen LogP contribution in [0.1, 0.15) is 35.2 Å². The first-order valence-electron chi connectivity index (χ1n) is 6.96. The van der Waals surface area contributed by atoms with E-state index in [1.807, 2.05) is 12.1 Å². The molecule has 5 heteroatoms. The Morgan fingerprint density at radius 1 is 1.10 bits per heavy atom. The van der Waals surface area contributed by atoms with Gasteiger partial charge in [-0.2, -0.15) is 0 Å². The Balaban J connectivity index is 1.88. The smallest absolute Gasteiger partial charge is 0.322 e. The highest BCUT2D eigenvalue weighted by Gasteiger charge is 2.11. The van der Waals surface area contributed by atoms with Crippen molar-refractivity contribution < 1.29 is 14.7 Å². The van der Waals surface area contributed by atoms with Gasteiger partial charge in [0.15, 0.2) is 0 Å². The van der Waals surface area contributed by atoms with Crippen molar-refractivity contribution in [2.24, 2.45) is 0 Å². The fraction of sp³-hybridized carbons (Fsp3) is 0.467. The molecule has 1 saturated heterocycles. The molecule has 1 aliphatic heterocycles. The Morgan fingerprint density at radius 2 is 1.75 bits per heavy atom. The molecule has 108 valence electrons. The molecule has 5 nitrogen and oxygen atoms in total. The number of amides is 1. The average molecular weight is 276 g/mol. The topological polar surface area (TPSA) is 69.6 Å². The summed E-state index contributed by atoms with van der Waals surface area (Å²) in [4.78, 5) is 24.5. The molecule has 20 heavy (non-hydrogen) atoms. The Labute approximate surface area is 118 Å².